The monoisotopic (exact) mass is 479 g/mol. The second-order valence-electron chi connectivity index (χ2n) is 8.12. The molecule has 9 nitrogen and oxygen atoms in total. The van der Waals surface area contributed by atoms with Gasteiger partial charge in [0.15, 0.2) is 0 Å². The van der Waals surface area contributed by atoms with Crippen LogP contribution < -0.4 is 9.47 Å². The maximum atomic E-state index is 13.5. The summed E-state index contributed by atoms with van der Waals surface area (Å²) in [5.41, 5.74) is 1.91. The summed E-state index contributed by atoms with van der Waals surface area (Å²) in [6.07, 6.45) is 1.76. The van der Waals surface area contributed by atoms with E-state index >= 15 is 0 Å². The molecule has 10 heteroatoms. The normalized spacial score (nSPS) is 16.0. The number of aryl methyl sites for hydroxylation is 1. The zero-order chi connectivity index (χ0) is 23.7. The van der Waals surface area contributed by atoms with Crippen LogP contribution >= 0.6 is 11.3 Å². The molecule has 5 rings (SSSR count). The van der Waals surface area contributed by atoms with Gasteiger partial charge >= 0.3 is 0 Å². The fraction of sp³-hybridized carbons (Fsp3) is 0.333. The molecule has 4 aromatic rings. The molecule has 1 aliphatic heterocycles. The van der Waals surface area contributed by atoms with Gasteiger partial charge in [0.05, 0.1) is 30.7 Å². The molecule has 0 saturated carbocycles. The van der Waals surface area contributed by atoms with Crippen molar-refractivity contribution in [1.29, 1.82) is 0 Å². The fourth-order valence-electron chi connectivity index (χ4n) is 4.24. The summed E-state index contributed by atoms with van der Waals surface area (Å²) in [4.78, 5) is 16.2. The molecule has 1 unspecified atom stereocenters. The van der Waals surface area contributed by atoms with Crippen LogP contribution in [0.2, 0.25) is 0 Å². The SMILES string of the molecule is COc1ccc(OC)c(-c2cc(C(=O)N3CCCC(c4nnc(-c5cccs5)o4)C3)n(C)n2)c1. The highest BCUT2D eigenvalue weighted by Crippen LogP contribution is 2.34. The number of thiophene rings is 1. The number of likely N-dealkylation sites (tertiary alicyclic amines) is 1. The minimum atomic E-state index is -0.0780. The zero-order valence-corrected chi connectivity index (χ0v) is 20.0. The Morgan fingerprint density at radius 1 is 1.18 bits per heavy atom. The maximum Gasteiger partial charge on any atom is 0.272 e. The Morgan fingerprint density at radius 2 is 2.06 bits per heavy atom. The van der Waals surface area contributed by atoms with Gasteiger partial charge < -0.3 is 18.8 Å². The molecule has 3 aromatic heterocycles. The molecule has 1 atom stereocenters. The lowest BCUT2D eigenvalue weighted by molar-refractivity contribution is 0.0687. The average Bonchev–Trinajstić information content (AvgIpc) is 3.64. The number of hydrogen-bond donors (Lipinski definition) is 0. The van der Waals surface area contributed by atoms with E-state index < -0.39 is 0 Å². The first-order valence-electron chi connectivity index (χ1n) is 11.0. The Hall–Kier alpha value is -3.66. The molecule has 34 heavy (non-hydrogen) atoms. The quantitative estimate of drug-likeness (QED) is 0.408. The number of rotatable bonds is 6. The van der Waals surface area contributed by atoms with Crippen LogP contribution in [0.4, 0.5) is 0 Å². The number of methoxy groups -OCH3 is 2. The Morgan fingerprint density at radius 3 is 2.82 bits per heavy atom. The number of ether oxygens (including phenoxy) is 2. The van der Waals surface area contributed by atoms with Gasteiger partial charge in [0.25, 0.3) is 11.8 Å². The molecule has 1 saturated heterocycles. The van der Waals surface area contributed by atoms with E-state index in [9.17, 15) is 4.79 Å². The van der Waals surface area contributed by atoms with E-state index in [1.165, 1.54) is 0 Å². The van der Waals surface area contributed by atoms with Crippen molar-refractivity contribution < 1.29 is 18.7 Å². The molecule has 176 valence electrons. The zero-order valence-electron chi connectivity index (χ0n) is 19.2. The van der Waals surface area contributed by atoms with Gasteiger partial charge in [-0.2, -0.15) is 5.10 Å². The van der Waals surface area contributed by atoms with E-state index in [1.54, 1.807) is 43.4 Å². The summed E-state index contributed by atoms with van der Waals surface area (Å²) in [5.74, 6) is 2.38. The number of piperidine rings is 1. The number of carbonyl (C=O) groups is 1. The topological polar surface area (TPSA) is 95.5 Å². The smallest absolute Gasteiger partial charge is 0.272 e. The van der Waals surface area contributed by atoms with E-state index in [1.807, 2.05) is 40.6 Å². The number of aromatic nitrogens is 4. The largest absolute Gasteiger partial charge is 0.497 e. The summed E-state index contributed by atoms with van der Waals surface area (Å²) < 4.78 is 18.4. The Balaban J connectivity index is 1.36. The standard InChI is InChI=1S/C24H25N5O4S/c1-28-19(13-18(27-28)17-12-16(31-2)8-9-20(17)32-3)24(30)29-10-4-6-15(14-29)22-25-26-23(33-22)21-7-5-11-34-21/h5,7-9,11-13,15H,4,6,10,14H2,1-3H3. The van der Waals surface area contributed by atoms with Crippen molar-refractivity contribution in [3.05, 3.63) is 53.4 Å². The first-order chi connectivity index (χ1) is 16.6. The van der Waals surface area contributed by atoms with E-state index in [-0.39, 0.29) is 11.8 Å². The van der Waals surface area contributed by atoms with Crippen LogP contribution in [0, 0.1) is 0 Å². The highest BCUT2D eigenvalue weighted by atomic mass is 32.1. The first kappa shape index (κ1) is 22.1. The Kier molecular flexibility index (Phi) is 6.06. The van der Waals surface area contributed by atoms with Gasteiger partial charge in [0.1, 0.15) is 17.2 Å². The molecule has 0 spiro atoms. The van der Waals surface area contributed by atoms with Crippen molar-refractivity contribution >= 4 is 17.2 Å². The van der Waals surface area contributed by atoms with Crippen molar-refractivity contribution in [3.63, 3.8) is 0 Å². The van der Waals surface area contributed by atoms with Gasteiger partial charge in [-0.3, -0.25) is 9.48 Å². The minimum Gasteiger partial charge on any atom is -0.497 e. The third-order valence-electron chi connectivity index (χ3n) is 6.01. The van der Waals surface area contributed by atoms with E-state index in [0.717, 1.165) is 23.3 Å². The first-order valence-corrected chi connectivity index (χ1v) is 11.9. The van der Waals surface area contributed by atoms with Crippen molar-refractivity contribution in [2.24, 2.45) is 7.05 Å². The van der Waals surface area contributed by atoms with Crippen molar-refractivity contribution in [3.8, 4) is 33.5 Å². The predicted molar refractivity (Wildman–Crippen MR) is 127 cm³/mol. The summed E-state index contributed by atoms with van der Waals surface area (Å²) in [6.45, 7) is 1.19. The minimum absolute atomic E-state index is 0.00471. The summed E-state index contributed by atoms with van der Waals surface area (Å²) in [5, 5.41) is 15.0. The molecule has 1 amide bonds. The van der Waals surface area contributed by atoms with Gasteiger partial charge in [-0.25, -0.2) is 0 Å². The third kappa shape index (κ3) is 4.16. The molecular formula is C24H25N5O4S. The maximum absolute atomic E-state index is 13.5. The lowest BCUT2D eigenvalue weighted by Gasteiger charge is -2.31. The van der Waals surface area contributed by atoms with Crippen molar-refractivity contribution in [2.45, 2.75) is 18.8 Å². The lowest BCUT2D eigenvalue weighted by Crippen LogP contribution is -2.40. The molecule has 0 aliphatic carbocycles. The predicted octanol–water partition coefficient (Wildman–Crippen LogP) is 4.24. The van der Waals surface area contributed by atoms with Gasteiger partial charge in [0, 0.05) is 25.7 Å². The molecule has 0 N–H and O–H groups in total. The van der Waals surface area contributed by atoms with Crippen LogP contribution in [0.1, 0.15) is 35.1 Å². The van der Waals surface area contributed by atoms with Crippen LogP contribution in [0.3, 0.4) is 0 Å². The fourth-order valence-corrected chi connectivity index (χ4v) is 4.88. The highest BCUT2D eigenvalue weighted by Gasteiger charge is 2.31. The third-order valence-corrected chi connectivity index (χ3v) is 6.87. The van der Waals surface area contributed by atoms with Crippen LogP contribution in [-0.4, -0.2) is 58.1 Å². The molecule has 0 radical (unpaired) electrons. The average molecular weight is 480 g/mol. The van der Waals surface area contributed by atoms with Crippen LogP contribution in [0.5, 0.6) is 11.5 Å². The van der Waals surface area contributed by atoms with Crippen LogP contribution in [0.15, 0.2) is 46.2 Å². The highest BCUT2D eigenvalue weighted by molar-refractivity contribution is 7.13. The summed E-state index contributed by atoms with van der Waals surface area (Å²) in [6, 6.07) is 11.2. The van der Waals surface area contributed by atoms with E-state index in [0.29, 0.717) is 47.8 Å². The Bertz CT molecular complexity index is 1300. The number of carbonyl (C=O) groups excluding carboxylic acids is 1. The van der Waals surface area contributed by atoms with Gasteiger partial charge in [0.2, 0.25) is 5.89 Å². The molecule has 1 aliphatic rings. The van der Waals surface area contributed by atoms with Gasteiger partial charge in [-0.1, -0.05) is 6.07 Å². The molecule has 1 fully saturated rings. The van der Waals surface area contributed by atoms with E-state index in [4.69, 9.17) is 13.9 Å². The molecule has 0 bridgehead atoms. The van der Waals surface area contributed by atoms with Crippen LogP contribution in [0.25, 0.3) is 22.0 Å². The summed E-state index contributed by atoms with van der Waals surface area (Å²) >= 11 is 1.56. The van der Waals surface area contributed by atoms with E-state index in [2.05, 4.69) is 15.3 Å². The number of benzene rings is 1. The van der Waals surface area contributed by atoms with Crippen molar-refractivity contribution in [1.82, 2.24) is 24.9 Å². The number of hydrogen-bond acceptors (Lipinski definition) is 8. The lowest BCUT2D eigenvalue weighted by atomic mass is 9.97. The molecule has 1 aromatic carbocycles. The Labute approximate surface area is 200 Å². The number of amides is 1. The van der Waals surface area contributed by atoms with Gasteiger partial charge in [-0.05, 0) is 48.6 Å². The molecular weight excluding hydrogens is 454 g/mol. The summed E-state index contributed by atoms with van der Waals surface area (Å²) in [7, 11) is 4.99. The van der Waals surface area contributed by atoms with Crippen molar-refractivity contribution in [2.75, 3.05) is 27.3 Å². The second-order valence-corrected chi connectivity index (χ2v) is 9.07. The second kappa shape index (κ2) is 9.30. The number of nitrogens with zero attached hydrogens (tertiary/aromatic N) is 5. The molecule has 4 heterocycles. The van der Waals surface area contributed by atoms with Gasteiger partial charge in [-0.15, -0.1) is 21.5 Å². The van der Waals surface area contributed by atoms with Crippen LogP contribution in [-0.2, 0) is 7.05 Å².